The van der Waals surface area contributed by atoms with E-state index in [1.54, 1.807) is 12.3 Å². The molecule has 7 nitrogen and oxygen atoms in total. The van der Waals surface area contributed by atoms with Crippen LogP contribution >= 0.6 is 11.8 Å². The van der Waals surface area contributed by atoms with Crippen LogP contribution < -0.4 is 0 Å². The monoisotopic (exact) mass is 375 g/mol. The van der Waals surface area contributed by atoms with Crippen LogP contribution in [0.2, 0.25) is 0 Å². The number of amides is 1. The molecule has 2 aromatic rings. The zero-order valence-corrected chi connectivity index (χ0v) is 16.1. The molecule has 0 spiro atoms. The average molecular weight is 375 g/mol. The van der Waals surface area contributed by atoms with Gasteiger partial charge in [0.05, 0.1) is 11.5 Å². The number of thioether (sulfide) groups is 1. The third-order valence-corrected chi connectivity index (χ3v) is 5.60. The van der Waals surface area contributed by atoms with Gasteiger partial charge in [-0.15, -0.1) is 16.8 Å². The number of likely N-dealkylation sites (N-methyl/N-ethyl adjacent to an activating group) is 1. The Balaban J connectivity index is 1.70. The van der Waals surface area contributed by atoms with E-state index in [2.05, 4.69) is 28.6 Å². The largest absolute Gasteiger partial charge is 0.461 e. The molecule has 0 aromatic carbocycles. The number of carbonyl (C=O) groups is 1. The van der Waals surface area contributed by atoms with Crippen LogP contribution in [0.4, 0.5) is 0 Å². The van der Waals surface area contributed by atoms with Gasteiger partial charge in [-0.2, -0.15) is 0 Å². The number of nitrogens with zero attached hydrogens (tertiary/aromatic N) is 5. The first-order chi connectivity index (χ1) is 12.6. The molecule has 1 fully saturated rings. The molecule has 1 unspecified atom stereocenters. The summed E-state index contributed by atoms with van der Waals surface area (Å²) < 4.78 is 7.37. The molecule has 1 amide bonds. The number of hydrogen-bond donors (Lipinski definition) is 0. The number of allylic oxidation sites excluding steroid dienone is 1. The van der Waals surface area contributed by atoms with Gasteiger partial charge >= 0.3 is 0 Å². The lowest BCUT2D eigenvalue weighted by Crippen LogP contribution is -2.50. The number of carbonyl (C=O) groups excluding carboxylic acids is 1. The third kappa shape index (κ3) is 4.02. The summed E-state index contributed by atoms with van der Waals surface area (Å²) in [5.74, 6) is 1.45. The second kappa shape index (κ2) is 8.55. The summed E-state index contributed by atoms with van der Waals surface area (Å²) in [6.07, 6.45) is 3.40. The maximum atomic E-state index is 12.8. The Morgan fingerprint density at radius 1 is 1.38 bits per heavy atom. The van der Waals surface area contributed by atoms with Gasteiger partial charge in [0.25, 0.3) is 0 Å². The smallest absolute Gasteiger partial charge is 0.235 e. The van der Waals surface area contributed by atoms with Gasteiger partial charge in [0, 0.05) is 32.7 Å². The summed E-state index contributed by atoms with van der Waals surface area (Å²) in [5, 5.41) is 8.99. The summed E-state index contributed by atoms with van der Waals surface area (Å²) >= 11 is 1.43. The van der Waals surface area contributed by atoms with Crippen LogP contribution in [0, 0.1) is 0 Å². The SMILES string of the molecule is C=CCn1c(SC(C)C(=O)N2CCN(CC)CC2)nnc1-c1ccco1. The van der Waals surface area contributed by atoms with Crippen molar-refractivity contribution in [3.8, 4) is 11.6 Å². The van der Waals surface area contributed by atoms with Crippen LogP contribution in [-0.2, 0) is 11.3 Å². The highest BCUT2D eigenvalue weighted by Gasteiger charge is 2.27. The number of piperazine rings is 1. The molecule has 1 atom stereocenters. The van der Waals surface area contributed by atoms with Gasteiger partial charge < -0.3 is 14.2 Å². The van der Waals surface area contributed by atoms with Crippen molar-refractivity contribution in [1.29, 1.82) is 0 Å². The van der Waals surface area contributed by atoms with Crippen LogP contribution in [0.15, 0.2) is 40.6 Å². The standard InChI is InChI=1S/C18H25N5O2S/c1-4-8-23-16(15-7-6-13-25-15)19-20-18(23)26-14(3)17(24)22-11-9-21(5-2)10-12-22/h4,6-7,13-14H,1,5,8-12H2,2-3H3. The molecule has 0 radical (unpaired) electrons. The topological polar surface area (TPSA) is 67.4 Å². The van der Waals surface area contributed by atoms with Crippen molar-refractivity contribution in [2.75, 3.05) is 32.7 Å². The molecule has 3 rings (SSSR count). The predicted molar refractivity (Wildman–Crippen MR) is 102 cm³/mol. The number of hydrogen-bond acceptors (Lipinski definition) is 6. The zero-order chi connectivity index (χ0) is 18.5. The lowest BCUT2D eigenvalue weighted by molar-refractivity contribution is -0.132. The van der Waals surface area contributed by atoms with E-state index in [1.165, 1.54) is 11.8 Å². The maximum Gasteiger partial charge on any atom is 0.235 e. The molecule has 1 aliphatic rings. The first-order valence-electron chi connectivity index (χ1n) is 8.89. The van der Waals surface area contributed by atoms with Crippen molar-refractivity contribution in [2.24, 2.45) is 0 Å². The van der Waals surface area contributed by atoms with E-state index in [0.717, 1.165) is 32.7 Å². The van der Waals surface area contributed by atoms with Gasteiger partial charge in [-0.25, -0.2) is 0 Å². The summed E-state index contributed by atoms with van der Waals surface area (Å²) in [6.45, 7) is 12.9. The highest BCUT2D eigenvalue weighted by Crippen LogP contribution is 2.28. The third-order valence-electron chi connectivity index (χ3n) is 4.53. The molecule has 0 bridgehead atoms. The maximum absolute atomic E-state index is 12.8. The Kier molecular flexibility index (Phi) is 6.16. The number of furan rings is 1. The summed E-state index contributed by atoms with van der Waals surface area (Å²) in [6, 6.07) is 3.66. The summed E-state index contributed by atoms with van der Waals surface area (Å²) in [5.41, 5.74) is 0. The fourth-order valence-corrected chi connectivity index (χ4v) is 3.95. The minimum absolute atomic E-state index is 0.151. The van der Waals surface area contributed by atoms with Crippen molar-refractivity contribution >= 4 is 17.7 Å². The van der Waals surface area contributed by atoms with E-state index in [0.29, 0.717) is 23.3 Å². The van der Waals surface area contributed by atoms with E-state index in [1.807, 2.05) is 28.5 Å². The first kappa shape index (κ1) is 18.7. The molecular weight excluding hydrogens is 350 g/mol. The fourth-order valence-electron chi connectivity index (χ4n) is 3.01. The highest BCUT2D eigenvalue weighted by molar-refractivity contribution is 8.00. The molecule has 26 heavy (non-hydrogen) atoms. The lowest BCUT2D eigenvalue weighted by Gasteiger charge is -2.35. The van der Waals surface area contributed by atoms with Crippen LogP contribution in [0.3, 0.4) is 0 Å². The van der Waals surface area contributed by atoms with Gasteiger partial charge in [0.1, 0.15) is 0 Å². The Labute approximate surface area is 158 Å². The Hall–Kier alpha value is -2.06. The van der Waals surface area contributed by atoms with E-state index < -0.39 is 0 Å². The van der Waals surface area contributed by atoms with Crippen LogP contribution in [-0.4, -0.2) is 68.4 Å². The van der Waals surface area contributed by atoms with Crippen molar-refractivity contribution in [2.45, 2.75) is 30.8 Å². The minimum Gasteiger partial charge on any atom is -0.461 e. The van der Waals surface area contributed by atoms with Gasteiger partial charge in [0.15, 0.2) is 10.9 Å². The molecule has 2 aromatic heterocycles. The van der Waals surface area contributed by atoms with E-state index in [-0.39, 0.29) is 11.2 Å². The Morgan fingerprint density at radius 2 is 2.15 bits per heavy atom. The second-order valence-electron chi connectivity index (χ2n) is 6.20. The molecule has 140 valence electrons. The molecule has 3 heterocycles. The van der Waals surface area contributed by atoms with Crippen LogP contribution in [0.1, 0.15) is 13.8 Å². The minimum atomic E-state index is -0.222. The van der Waals surface area contributed by atoms with Gasteiger partial charge in [-0.1, -0.05) is 24.8 Å². The van der Waals surface area contributed by atoms with Crippen molar-refractivity contribution in [1.82, 2.24) is 24.6 Å². The van der Waals surface area contributed by atoms with Crippen molar-refractivity contribution in [3.05, 3.63) is 31.1 Å². The lowest BCUT2D eigenvalue weighted by atomic mass is 10.3. The molecule has 0 aliphatic carbocycles. The van der Waals surface area contributed by atoms with Gasteiger partial charge in [-0.3, -0.25) is 9.36 Å². The molecule has 8 heteroatoms. The van der Waals surface area contributed by atoms with E-state index >= 15 is 0 Å². The summed E-state index contributed by atoms with van der Waals surface area (Å²) in [7, 11) is 0. The molecule has 1 aliphatic heterocycles. The van der Waals surface area contributed by atoms with E-state index in [9.17, 15) is 4.79 Å². The van der Waals surface area contributed by atoms with Gasteiger partial charge in [-0.05, 0) is 25.6 Å². The fraction of sp³-hybridized carbons (Fsp3) is 0.500. The van der Waals surface area contributed by atoms with Gasteiger partial charge in [0.2, 0.25) is 11.7 Å². The Bertz CT molecular complexity index is 735. The summed E-state index contributed by atoms with van der Waals surface area (Å²) in [4.78, 5) is 17.1. The van der Waals surface area contributed by atoms with Crippen molar-refractivity contribution < 1.29 is 9.21 Å². The predicted octanol–water partition coefficient (Wildman–Crippen LogP) is 2.37. The van der Waals surface area contributed by atoms with E-state index in [4.69, 9.17) is 4.42 Å². The normalized spacial score (nSPS) is 16.6. The zero-order valence-electron chi connectivity index (χ0n) is 15.3. The number of aromatic nitrogens is 3. The number of rotatable bonds is 7. The van der Waals surface area contributed by atoms with Crippen LogP contribution in [0.5, 0.6) is 0 Å². The second-order valence-corrected chi connectivity index (χ2v) is 7.51. The van der Waals surface area contributed by atoms with Crippen molar-refractivity contribution in [3.63, 3.8) is 0 Å². The molecule has 0 saturated carbocycles. The highest BCUT2D eigenvalue weighted by atomic mass is 32.2. The van der Waals surface area contributed by atoms with Crippen LogP contribution in [0.25, 0.3) is 11.6 Å². The Morgan fingerprint density at radius 3 is 2.77 bits per heavy atom. The molecule has 0 N–H and O–H groups in total. The molecular formula is C18H25N5O2S. The quantitative estimate of drug-likeness (QED) is 0.547. The first-order valence-corrected chi connectivity index (χ1v) is 9.77. The molecule has 1 saturated heterocycles. The average Bonchev–Trinajstić information content (AvgIpc) is 3.32.